The minimum atomic E-state index is -4.74. The SMILES string of the molecule is O=C(CCSc1ccccc1F)Nc1ccc(NC(=O)C2CCCO2)cc1C(F)(F)F. The fraction of sp³-hybridized carbons (Fsp3) is 0.333. The summed E-state index contributed by atoms with van der Waals surface area (Å²) in [4.78, 5) is 24.6. The monoisotopic (exact) mass is 456 g/mol. The lowest BCUT2D eigenvalue weighted by atomic mass is 10.1. The quantitative estimate of drug-likeness (QED) is 0.450. The number of thioether (sulfide) groups is 1. The van der Waals surface area contributed by atoms with E-state index in [4.69, 9.17) is 4.74 Å². The highest BCUT2D eigenvalue weighted by Gasteiger charge is 2.34. The van der Waals surface area contributed by atoms with Gasteiger partial charge in [0.2, 0.25) is 5.91 Å². The van der Waals surface area contributed by atoms with Crippen molar-refractivity contribution in [1.29, 1.82) is 0 Å². The average molecular weight is 456 g/mol. The molecule has 1 atom stereocenters. The van der Waals surface area contributed by atoms with E-state index in [1.165, 1.54) is 18.2 Å². The number of rotatable bonds is 7. The van der Waals surface area contributed by atoms with E-state index in [1.54, 1.807) is 12.1 Å². The van der Waals surface area contributed by atoms with E-state index < -0.39 is 41.2 Å². The standard InChI is InChI=1S/C21H20F4N2O3S/c22-15-4-1-2-6-18(15)31-11-9-19(28)27-16-8-7-13(12-14(16)21(23,24)25)26-20(29)17-5-3-10-30-17/h1-2,4,6-8,12,17H,3,5,9-11H2,(H,26,29)(H,27,28). The first kappa shape index (κ1) is 23.1. The van der Waals surface area contributed by atoms with E-state index in [9.17, 15) is 27.2 Å². The van der Waals surface area contributed by atoms with E-state index in [1.807, 2.05) is 0 Å². The van der Waals surface area contributed by atoms with Crippen LogP contribution in [0.2, 0.25) is 0 Å². The van der Waals surface area contributed by atoms with Crippen molar-refractivity contribution in [2.24, 2.45) is 0 Å². The Bertz CT molecular complexity index is 946. The third-order valence-corrected chi connectivity index (χ3v) is 5.56. The molecule has 31 heavy (non-hydrogen) atoms. The number of amides is 2. The zero-order chi connectivity index (χ0) is 22.4. The number of carbonyl (C=O) groups excluding carboxylic acids is 2. The zero-order valence-corrected chi connectivity index (χ0v) is 17.1. The predicted molar refractivity (Wildman–Crippen MR) is 109 cm³/mol. The summed E-state index contributed by atoms with van der Waals surface area (Å²) in [7, 11) is 0. The van der Waals surface area contributed by atoms with Gasteiger partial charge in [-0.25, -0.2) is 4.39 Å². The van der Waals surface area contributed by atoms with E-state index in [2.05, 4.69) is 10.6 Å². The van der Waals surface area contributed by atoms with Gasteiger partial charge in [-0.15, -0.1) is 11.8 Å². The minimum absolute atomic E-state index is 0.0408. The van der Waals surface area contributed by atoms with Crippen molar-refractivity contribution < 1.29 is 31.9 Å². The second kappa shape index (κ2) is 10.1. The van der Waals surface area contributed by atoms with Gasteiger partial charge >= 0.3 is 6.18 Å². The fourth-order valence-corrected chi connectivity index (χ4v) is 3.89. The van der Waals surface area contributed by atoms with Crippen molar-refractivity contribution in [3.63, 3.8) is 0 Å². The van der Waals surface area contributed by atoms with Crippen LogP contribution < -0.4 is 10.6 Å². The van der Waals surface area contributed by atoms with Crippen LogP contribution in [0, 0.1) is 5.82 Å². The van der Waals surface area contributed by atoms with Gasteiger partial charge in [0.15, 0.2) is 0 Å². The largest absolute Gasteiger partial charge is 0.418 e. The second-order valence-corrected chi connectivity index (χ2v) is 7.96. The molecule has 0 bridgehead atoms. The minimum Gasteiger partial charge on any atom is -0.368 e. The van der Waals surface area contributed by atoms with Crippen LogP contribution in [0.15, 0.2) is 47.4 Å². The summed E-state index contributed by atoms with van der Waals surface area (Å²) in [6.07, 6.45) is -4.30. The van der Waals surface area contributed by atoms with Crippen LogP contribution in [0.4, 0.5) is 28.9 Å². The summed E-state index contributed by atoms with van der Waals surface area (Å²) in [6.45, 7) is 0.437. The molecule has 1 fully saturated rings. The molecule has 0 radical (unpaired) electrons. The molecule has 5 nitrogen and oxygen atoms in total. The maximum atomic E-state index is 13.6. The number of hydrogen-bond donors (Lipinski definition) is 2. The molecule has 2 amide bonds. The lowest BCUT2D eigenvalue weighted by Crippen LogP contribution is -2.27. The number of nitrogens with one attached hydrogen (secondary N) is 2. The molecule has 10 heteroatoms. The van der Waals surface area contributed by atoms with Gasteiger partial charge in [-0.1, -0.05) is 12.1 Å². The topological polar surface area (TPSA) is 67.4 Å². The third kappa shape index (κ3) is 6.44. The predicted octanol–water partition coefficient (Wildman–Crippen LogP) is 5.08. The summed E-state index contributed by atoms with van der Waals surface area (Å²) < 4.78 is 59.3. The van der Waals surface area contributed by atoms with Crippen LogP contribution in [0.25, 0.3) is 0 Å². The van der Waals surface area contributed by atoms with Crippen LogP contribution in [0.3, 0.4) is 0 Å². The molecule has 0 saturated carbocycles. The third-order valence-electron chi connectivity index (χ3n) is 4.51. The van der Waals surface area contributed by atoms with Crippen LogP contribution in [0.5, 0.6) is 0 Å². The molecular weight excluding hydrogens is 436 g/mol. The normalized spacial score (nSPS) is 16.2. The molecule has 3 rings (SSSR count). The van der Waals surface area contributed by atoms with Gasteiger partial charge < -0.3 is 15.4 Å². The van der Waals surface area contributed by atoms with Gasteiger partial charge in [-0.2, -0.15) is 13.2 Å². The van der Waals surface area contributed by atoms with Crippen molar-refractivity contribution in [1.82, 2.24) is 0 Å². The first-order valence-electron chi connectivity index (χ1n) is 9.55. The van der Waals surface area contributed by atoms with Crippen LogP contribution in [-0.2, 0) is 20.5 Å². The summed E-state index contributed by atoms with van der Waals surface area (Å²) >= 11 is 1.10. The lowest BCUT2D eigenvalue weighted by Gasteiger charge is -2.17. The van der Waals surface area contributed by atoms with Crippen molar-refractivity contribution in [3.8, 4) is 0 Å². The molecule has 1 heterocycles. The Kier molecular flexibility index (Phi) is 7.55. The van der Waals surface area contributed by atoms with E-state index in [0.29, 0.717) is 24.3 Å². The van der Waals surface area contributed by atoms with E-state index in [0.717, 1.165) is 23.9 Å². The molecule has 1 aliphatic heterocycles. The highest BCUT2D eigenvalue weighted by molar-refractivity contribution is 7.99. The van der Waals surface area contributed by atoms with Gasteiger partial charge in [-0.05, 0) is 43.2 Å². The second-order valence-electron chi connectivity index (χ2n) is 6.83. The van der Waals surface area contributed by atoms with E-state index in [-0.39, 0.29) is 17.9 Å². The molecule has 2 N–H and O–H groups in total. The first-order valence-corrected chi connectivity index (χ1v) is 10.5. The molecule has 1 aliphatic rings. The Morgan fingerprint density at radius 1 is 1.13 bits per heavy atom. The average Bonchev–Trinajstić information content (AvgIpc) is 3.25. The molecule has 1 unspecified atom stereocenters. The smallest absolute Gasteiger partial charge is 0.368 e. The van der Waals surface area contributed by atoms with Crippen LogP contribution in [-0.4, -0.2) is 30.3 Å². The van der Waals surface area contributed by atoms with Crippen molar-refractivity contribution in [2.45, 2.75) is 36.4 Å². The van der Waals surface area contributed by atoms with Gasteiger partial charge in [0, 0.05) is 29.4 Å². The van der Waals surface area contributed by atoms with Crippen molar-refractivity contribution in [3.05, 3.63) is 53.8 Å². The summed E-state index contributed by atoms with van der Waals surface area (Å²) in [5.74, 6) is -1.37. The number of carbonyl (C=O) groups is 2. The van der Waals surface area contributed by atoms with Crippen LogP contribution in [0.1, 0.15) is 24.8 Å². The Balaban J connectivity index is 1.63. The molecule has 166 valence electrons. The molecule has 0 spiro atoms. The maximum Gasteiger partial charge on any atom is 0.418 e. The summed E-state index contributed by atoms with van der Waals surface area (Å²) in [5, 5.41) is 4.67. The Labute approximate surface area is 180 Å². The first-order chi connectivity index (χ1) is 14.7. The zero-order valence-electron chi connectivity index (χ0n) is 16.3. The number of halogens is 4. The molecular formula is C21H20F4N2O3S. The fourth-order valence-electron chi connectivity index (χ4n) is 3.00. The van der Waals surface area contributed by atoms with Crippen LogP contribution >= 0.6 is 11.8 Å². The van der Waals surface area contributed by atoms with Gasteiger partial charge in [0.1, 0.15) is 11.9 Å². The van der Waals surface area contributed by atoms with Gasteiger partial charge in [0.05, 0.1) is 11.3 Å². The summed E-state index contributed by atoms with van der Waals surface area (Å²) in [6, 6.07) is 9.19. The molecule has 0 aromatic heterocycles. The molecule has 1 saturated heterocycles. The lowest BCUT2D eigenvalue weighted by molar-refractivity contribution is -0.137. The molecule has 0 aliphatic carbocycles. The maximum absolute atomic E-state index is 13.6. The Hall–Kier alpha value is -2.59. The van der Waals surface area contributed by atoms with E-state index >= 15 is 0 Å². The van der Waals surface area contributed by atoms with Gasteiger partial charge in [0.25, 0.3) is 5.91 Å². The van der Waals surface area contributed by atoms with Gasteiger partial charge in [-0.3, -0.25) is 9.59 Å². The Morgan fingerprint density at radius 2 is 1.90 bits per heavy atom. The number of alkyl halides is 3. The highest BCUT2D eigenvalue weighted by Crippen LogP contribution is 2.37. The molecule has 2 aromatic rings. The number of ether oxygens (including phenoxy) is 1. The highest BCUT2D eigenvalue weighted by atomic mass is 32.2. The Morgan fingerprint density at radius 3 is 2.58 bits per heavy atom. The van der Waals surface area contributed by atoms with Crippen molar-refractivity contribution >= 4 is 35.0 Å². The van der Waals surface area contributed by atoms with Crippen molar-refractivity contribution in [2.75, 3.05) is 23.0 Å². The number of benzene rings is 2. The molecule has 2 aromatic carbocycles. The summed E-state index contributed by atoms with van der Waals surface area (Å²) in [5.41, 5.74) is -1.53. The number of hydrogen-bond acceptors (Lipinski definition) is 4. The number of anilines is 2.